The summed E-state index contributed by atoms with van der Waals surface area (Å²) in [6.45, 7) is 2.18. The number of hydrogen-bond acceptors (Lipinski definition) is 2. The molecule has 2 aromatic carbocycles. The summed E-state index contributed by atoms with van der Waals surface area (Å²) in [5, 5.41) is 3.30. The molecule has 0 aliphatic carbocycles. The van der Waals surface area contributed by atoms with E-state index in [1.807, 2.05) is 7.05 Å². The fraction of sp³-hybridized carbons (Fsp3) is 0.200. The van der Waals surface area contributed by atoms with Crippen LogP contribution >= 0.6 is 43.6 Å². The highest BCUT2D eigenvalue weighted by molar-refractivity contribution is 9.10. The molecule has 0 aliphatic heterocycles. The van der Waals surface area contributed by atoms with E-state index in [0.717, 1.165) is 8.95 Å². The minimum absolute atomic E-state index is 0.339. The molecule has 0 heterocycles. The predicted molar refractivity (Wildman–Crippen MR) is 89.9 cm³/mol. The van der Waals surface area contributed by atoms with Crippen LogP contribution in [0.1, 0.15) is 18.5 Å². The maximum absolute atomic E-state index is 3.55. The molecule has 0 amide bonds. The number of rotatable bonds is 4. The van der Waals surface area contributed by atoms with E-state index >= 15 is 0 Å². The van der Waals surface area contributed by atoms with Gasteiger partial charge < -0.3 is 5.32 Å². The number of nitrogens with one attached hydrogen (secondary N) is 1. The Kier molecular flexibility index (Phi) is 5.51. The van der Waals surface area contributed by atoms with E-state index in [-0.39, 0.29) is 0 Å². The summed E-state index contributed by atoms with van der Waals surface area (Å²) in [6, 6.07) is 15.2. The zero-order valence-corrected chi connectivity index (χ0v) is 14.8. The third-order valence-corrected chi connectivity index (χ3v) is 5.02. The lowest BCUT2D eigenvalue weighted by atomic mass is 10.1. The van der Waals surface area contributed by atoms with Gasteiger partial charge in [-0.1, -0.05) is 49.7 Å². The van der Waals surface area contributed by atoms with Crippen LogP contribution in [-0.2, 0) is 0 Å². The Morgan fingerprint density at radius 1 is 1.00 bits per heavy atom. The molecule has 1 N–H and O–H groups in total. The van der Waals surface area contributed by atoms with Crippen LogP contribution in [0.4, 0.5) is 0 Å². The molecule has 1 unspecified atom stereocenters. The molecule has 0 aliphatic rings. The molecular weight excluding hydrogens is 386 g/mol. The van der Waals surface area contributed by atoms with Crippen molar-refractivity contribution in [1.29, 1.82) is 0 Å². The summed E-state index contributed by atoms with van der Waals surface area (Å²) in [5.74, 6) is 0. The van der Waals surface area contributed by atoms with Crippen LogP contribution in [0.25, 0.3) is 0 Å². The van der Waals surface area contributed by atoms with Gasteiger partial charge >= 0.3 is 0 Å². The van der Waals surface area contributed by atoms with Crippen molar-refractivity contribution >= 4 is 43.6 Å². The molecule has 0 saturated heterocycles. The van der Waals surface area contributed by atoms with Crippen molar-refractivity contribution in [3.8, 4) is 0 Å². The van der Waals surface area contributed by atoms with E-state index in [9.17, 15) is 0 Å². The van der Waals surface area contributed by atoms with Gasteiger partial charge in [0.1, 0.15) is 0 Å². The van der Waals surface area contributed by atoms with Gasteiger partial charge in [0.25, 0.3) is 0 Å². The van der Waals surface area contributed by atoms with Crippen molar-refractivity contribution in [2.75, 3.05) is 7.05 Å². The topological polar surface area (TPSA) is 12.0 Å². The molecule has 4 heteroatoms. The van der Waals surface area contributed by atoms with Crippen LogP contribution in [0.2, 0.25) is 0 Å². The third kappa shape index (κ3) is 4.09. The van der Waals surface area contributed by atoms with Gasteiger partial charge in [-0.15, -0.1) is 0 Å². The number of benzene rings is 2. The summed E-state index contributed by atoms with van der Waals surface area (Å²) in [6.07, 6.45) is 0. The minimum atomic E-state index is 0.339. The second kappa shape index (κ2) is 6.93. The Morgan fingerprint density at radius 2 is 1.63 bits per heavy atom. The van der Waals surface area contributed by atoms with Gasteiger partial charge in [0.15, 0.2) is 0 Å². The normalized spacial score (nSPS) is 12.4. The molecule has 2 rings (SSSR count). The van der Waals surface area contributed by atoms with Gasteiger partial charge in [-0.2, -0.15) is 0 Å². The molecule has 0 saturated carbocycles. The van der Waals surface area contributed by atoms with Crippen molar-refractivity contribution in [2.45, 2.75) is 22.8 Å². The Balaban J connectivity index is 2.32. The van der Waals surface area contributed by atoms with Crippen LogP contribution in [0.15, 0.2) is 61.2 Å². The average Bonchev–Trinajstić information content (AvgIpc) is 2.41. The molecule has 0 radical (unpaired) electrons. The molecule has 100 valence electrons. The highest BCUT2D eigenvalue weighted by Crippen LogP contribution is 2.35. The van der Waals surface area contributed by atoms with Crippen molar-refractivity contribution in [2.24, 2.45) is 0 Å². The molecule has 0 spiro atoms. The first-order chi connectivity index (χ1) is 9.10. The van der Waals surface area contributed by atoms with E-state index in [4.69, 9.17) is 0 Å². The van der Waals surface area contributed by atoms with E-state index in [2.05, 4.69) is 86.6 Å². The number of hydrogen-bond donors (Lipinski definition) is 1. The smallest absolute Gasteiger partial charge is 0.0300 e. The van der Waals surface area contributed by atoms with E-state index in [1.54, 1.807) is 11.8 Å². The SMILES string of the molecule is CNC(C)c1ccc(Br)cc1Sc1ccc(Br)cc1. The zero-order chi connectivity index (χ0) is 13.8. The second-order valence-corrected chi connectivity index (χ2v) is 7.20. The highest BCUT2D eigenvalue weighted by Gasteiger charge is 2.10. The van der Waals surface area contributed by atoms with Crippen LogP contribution < -0.4 is 5.32 Å². The molecule has 0 bridgehead atoms. The fourth-order valence-electron chi connectivity index (χ4n) is 1.74. The summed E-state index contributed by atoms with van der Waals surface area (Å²) in [7, 11) is 1.99. The van der Waals surface area contributed by atoms with Gasteiger partial charge in [0.05, 0.1) is 0 Å². The first kappa shape index (κ1) is 15.1. The molecule has 0 aromatic heterocycles. The Labute approximate surface area is 135 Å². The molecule has 2 aromatic rings. The molecule has 0 fully saturated rings. The van der Waals surface area contributed by atoms with Gasteiger partial charge in [-0.25, -0.2) is 0 Å². The third-order valence-electron chi connectivity index (χ3n) is 2.92. The second-order valence-electron chi connectivity index (χ2n) is 4.25. The summed E-state index contributed by atoms with van der Waals surface area (Å²) in [4.78, 5) is 2.52. The highest BCUT2D eigenvalue weighted by atomic mass is 79.9. The molecule has 1 nitrogen and oxygen atoms in total. The van der Waals surface area contributed by atoms with Crippen LogP contribution in [0.3, 0.4) is 0 Å². The lowest BCUT2D eigenvalue weighted by Crippen LogP contribution is -2.13. The van der Waals surface area contributed by atoms with Gasteiger partial charge in [0.2, 0.25) is 0 Å². The van der Waals surface area contributed by atoms with Crippen molar-refractivity contribution in [3.05, 3.63) is 57.0 Å². The predicted octanol–water partition coefficient (Wildman–Crippen LogP) is 5.64. The van der Waals surface area contributed by atoms with Crippen LogP contribution in [-0.4, -0.2) is 7.05 Å². The van der Waals surface area contributed by atoms with Crippen LogP contribution in [0, 0.1) is 0 Å². The molecular formula is C15H15Br2NS. The Morgan fingerprint density at radius 3 is 2.26 bits per heavy atom. The summed E-state index contributed by atoms with van der Waals surface area (Å²) >= 11 is 8.81. The Hall–Kier alpha value is -0.290. The average molecular weight is 401 g/mol. The van der Waals surface area contributed by atoms with Crippen molar-refractivity contribution in [1.82, 2.24) is 5.32 Å². The molecule has 1 atom stereocenters. The zero-order valence-electron chi connectivity index (χ0n) is 10.8. The quantitative estimate of drug-likeness (QED) is 0.712. The van der Waals surface area contributed by atoms with E-state index in [0.29, 0.717) is 6.04 Å². The number of halogens is 2. The Bertz CT molecular complexity index is 555. The fourth-order valence-corrected chi connectivity index (χ4v) is 3.59. The van der Waals surface area contributed by atoms with Crippen molar-refractivity contribution < 1.29 is 0 Å². The lowest BCUT2D eigenvalue weighted by molar-refractivity contribution is 0.641. The lowest BCUT2D eigenvalue weighted by Gasteiger charge is -2.16. The van der Waals surface area contributed by atoms with Gasteiger partial charge in [-0.05, 0) is 55.9 Å². The van der Waals surface area contributed by atoms with Crippen LogP contribution in [0.5, 0.6) is 0 Å². The first-order valence-electron chi connectivity index (χ1n) is 6.00. The van der Waals surface area contributed by atoms with E-state index < -0.39 is 0 Å². The largest absolute Gasteiger partial charge is 0.313 e. The standard InChI is InChI=1S/C15H15Br2NS/c1-10(18-2)14-8-5-12(17)9-15(14)19-13-6-3-11(16)4-7-13/h3-10,18H,1-2H3. The summed E-state index contributed by atoms with van der Waals surface area (Å²) < 4.78 is 2.22. The first-order valence-corrected chi connectivity index (χ1v) is 8.40. The molecule has 19 heavy (non-hydrogen) atoms. The maximum atomic E-state index is 3.55. The van der Waals surface area contributed by atoms with Gasteiger partial charge in [-0.3, -0.25) is 0 Å². The van der Waals surface area contributed by atoms with Gasteiger partial charge in [0, 0.05) is 24.8 Å². The summed E-state index contributed by atoms with van der Waals surface area (Å²) in [5.41, 5.74) is 1.32. The minimum Gasteiger partial charge on any atom is -0.313 e. The maximum Gasteiger partial charge on any atom is 0.0300 e. The van der Waals surface area contributed by atoms with E-state index in [1.165, 1.54) is 15.4 Å². The van der Waals surface area contributed by atoms with Crippen molar-refractivity contribution in [3.63, 3.8) is 0 Å². The monoisotopic (exact) mass is 399 g/mol.